The van der Waals surface area contributed by atoms with E-state index in [0.29, 0.717) is 0 Å². The van der Waals surface area contributed by atoms with Crippen molar-refractivity contribution in [2.75, 3.05) is 19.0 Å². The fourth-order valence-corrected chi connectivity index (χ4v) is 8.04. The first-order valence-electron chi connectivity index (χ1n) is 16.6. The average Bonchev–Trinajstić information content (AvgIpc) is 3.39. The Morgan fingerprint density at radius 2 is 1.35 bits per heavy atom. The molecule has 0 fully saturated rings. The highest BCUT2D eigenvalue weighted by Crippen LogP contribution is 2.50. The Morgan fingerprint density at radius 1 is 0.776 bits per heavy atom. The van der Waals surface area contributed by atoms with Crippen LogP contribution in [-0.4, -0.2) is 37.4 Å². The Kier molecular flexibility index (Phi) is 8.76. The SMILES string of the molecule is CC(/C=C/C1=[N+](C)c2ccc3ccccc3c2C1(C)C)=C\C=C1/N(C)c2ccc3ccccc3c2C1(C)C.Cc1ccc(S(=O)(=O)[O-])cc1. The largest absolute Gasteiger partial charge is 0.744 e. The van der Waals surface area contributed by atoms with Crippen LogP contribution in [0.25, 0.3) is 21.5 Å². The van der Waals surface area contributed by atoms with Gasteiger partial charge in [0.05, 0.1) is 10.3 Å². The monoisotopic (exact) mass is 668 g/mol. The zero-order valence-electron chi connectivity index (χ0n) is 29.6. The van der Waals surface area contributed by atoms with Gasteiger partial charge in [-0.25, -0.2) is 8.42 Å². The summed E-state index contributed by atoms with van der Waals surface area (Å²) in [6, 6.07) is 32.3. The number of rotatable bonds is 4. The van der Waals surface area contributed by atoms with Crippen LogP contribution >= 0.6 is 0 Å². The topological polar surface area (TPSA) is 63.5 Å². The molecule has 49 heavy (non-hydrogen) atoms. The predicted octanol–water partition coefficient (Wildman–Crippen LogP) is 9.71. The number of nitrogens with zero attached hydrogens (tertiary/aromatic N) is 2. The third-order valence-corrected chi connectivity index (χ3v) is 11.0. The van der Waals surface area contributed by atoms with E-state index in [0.717, 1.165) is 5.56 Å². The summed E-state index contributed by atoms with van der Waals surface area (Å²) >= 11 is 0. The molecule has 0 amide bonds. The molecule has 6 heteroatoms. The van der Waals surface area contributed by atoms with Crippen molar-refractivity contribution in [1.82, 2.24) is 0 Å². The lowest BCUT2D eigenvalue weighted by molar-refractivity contribution is -0.401. The third-order valence-electron chi connectivity index (χ3n) is 10.1. The minimum atomic E-state index is -4.27. The van der Waals surface area contributed by atoms with E-state index in [9.17, 15) is 13.0 Å². The number of hydrogen-bond donors (Lipinski definition) is 0. The van der Waals surface area contributed by atoms with Crippen molar-refractivity contribution in [1.29, 1.82) is 0 Å². The molecule has 0 N–H and O–H groups in total. The summed E-state index contributed by atoms with van der Waals surface area (Å²) in [4.78, 5) is 2.18. The molecule has 7 rings (SSSR count). The summed E-state index contributed by atoms with van der Waals surface area (Å²) in [5, 5.41) is 5.30. The molecule has 0 spiro atoms. The van der Waals surface area contributed by atoms with Gasteiger partial charge < -0.3 is 9.45 Å². The van der Waals surface area contributed by atoms with Crippen molar-refractivity contribution in [3.05, 3.63) is 149 Å². The Morgan fingerprint density at radius 3 is 1.96 bits per heavy atom. The molecule has 0 unspecified atom stereocenters. The van der Waals surface area contributed by atoms with Gasteiger partial charge in [0.1, 0.15) is 17.2 Å². The summed E-state index contributed by atoms with van der Waals surface area (Å²) in [5.74, 6) is 0. The summed E-state index contributed by atoms with van der Waals surface area (Å²) in [5.41, 5.74) is 10.1. The molecule has 5 nitrogen and oxygen atoms in total. The van der Waals surface area contributed by atoms with Crippen LogP contribution in [0.2, 0.25) is 0 Å². The van der Waals surface area contributed by atoms with E-state index in [4.69, 9.17) is 0 Å². The van der Waals surface area contributed by atoms with Crippen molar-refractivity contribution in [2.24, 2.45) is 0 Å². The van der Waals surface area contributed by atoms with Crippen molar-refractivity contribution in [3.63, 3.8) is 0 Å². The van der Waals surface area contributed by atoms with Gasteiger partial charge >= 0.3 is 0 Å². The molecule has 5 aromatic rings. The maximum absolute atomic E-state index is 10.4. The minimum Gasteiger partial charge on any atom is -0.744 e. The van der Waals surface area contributed by atoms with Crippen LogP contribution < -0.4 is 4.90 Å². The van der Waals surface area contributed by atoms with Crippen LogP contribution in [0.1, 0.15) is 51.3 Å². The summed E-state index contributed by atoms with van der Waals surface area (Å²) in [6.07, 6.45) is 9.15. The van der Waals surface area contributed by atoms with E-state index >= 15 is 0 Å². The number of hydrogen-bond acceptors (Lipinski definition) is 4. The van der Waals surface area contributed by atoms with Crippen LogP contribution in [0.5, 0.6) is 0 Å². The van der Waals surface area contributed by atoms with Crippen LogP contribution in [0.15, 0.2) is 138 Å². The minimum absolute atomic E-state index is 0.0729. The smallest absolute Gasteiger partial charge is 0.210 e. The maximum atomic E-state index is 10.4. The van der Waals surface area contributed by atoms with E-state index in [1.54, 1.807) is 12.1 Å². The molecule has 2 heterocycles. The Bertz CT molecular complexity index is 2340. The number of benzene rings is 5. The second-order valence-electron chi connectivity index (χ2n) is 14.2. The first-order valence-corrected chi connectivity index (χ1v) is 18.0. The Labute approximate surface area is 291 Å². The molecular weight excluding hydrogens is 625 g/mol. The van der Waals surface area contributed by atoms with Gasteiger partial charge in [-0.3, -0.25) is 0 Å². The van der Waals surface area contributed by atoms with Gasteiger partial charge in [-0.2, -0.15) is 4.58 Å². The van der Waals surface area contributed by atoms with Crippen molar-refractivity contribution in [2.45, 2.75) is 57.3 Å². The zero-order chi connectivity index (χ0) is 35.3. The predicted molar refractivity (Wildman–Crippen MR) is 203 cm³/mol. The highest BCUT2D eigenvalue weighted by molar-refractivity contribution is 7.85. The number of anilines is 1. The van der Waals surface area contributed by atoms with Gasteiger partial charge in [0.25, 0.3) is 0 Å². The van der Waals surface area contributed by atoms with Crippen LogP contribution in [-0.2, 0) is 20.9 Å². The summed E-state index contributed by atoms with van der Waals surface area (Å²) < 4.78 is 33.5. The van der Waals surface area contributed by atoms with Gasteiger partial charge in [0.15, 0.2) is 5.71 Å². The van der Waals surface area contributed by atoms with E-state index in [-0.39, 0.29) is 15.7 Å². The fraction of sp³-hybridized carbons (Fsp3) is 0.233. The van der Waals surface area contributed by atoms with Crippen molar-refractivity contribution < 1.29 is 17.5 Å². The van der Waals surface area contributed by atoms with Gasteiger partial charge in [0.2, 0.25) is 5.69 Å². The second-order valence-corrected chi connectivity index (χ2v) is 15.6. The third kappa shape index (κ3) is 6.16. The maximum Gasteiger partial charge on any atom is 0.210 e. The number of allylic oxidation sites excluding steroid dienone is 6. The van der Waals surface area contributed by atoms with Crippen LogP contribution in [0.3, 0.4) is 0 Å². The van der Waals surface area contributed by atoms with Gasteiger partial charge in [-0.1, -0.05) is 104 Å². The lowest BCUT2D eigenvalue weighted by Gasteiger charge is -2.24. The quantitative estimate of drug-likeness (QED) is 0.109. The summed E-state index contributed by atoms with van der Waals surface area (Å²) in [6.45, 7) is 13.4. The number of fused-ring (bicyclic) bond motifs is 6. The lowest BCUT2D eigenvalue weighted by atomic mass is 9.79. The molecule has 0 aliphatic carbocycles. The van der Waals surface area contributed by atoms with E-state index in [2.05, 4.69) is 155 Å². The lowest BCUT2D eigenvalue weighted by Crippen LogP contribution is -2.26. The zero-order valence-corrected chi connectivity index (χ0v) is 30.4. The molecule has 0 saturated carbocycles. The molecule has 250 valence electrons. The van der Waals surface area contributed by atoms with Gasteiger partial charge in [-0.15, -0.1) is 0 Å². The van der Waals surface area contributed by atoms with E-state index < -0.39 is 10.1 Å². The Hall–Kier alpha value is -4.78. The first kappa shape index (κ1) is 34.1. The number of likely N-dealkylation sites (N-methyl/N-ethyl adjacent to an activating group) is 1. The molecule has 0 atom stereocenters. The Balaban J connectivity index is 0.000000324. The second kappa shape index (κ2) is 12.6. The standard InChI is InChI=1S/C36H37N2.C7H8O3S/c1-24(16-22-31-35(2,3)33-27-14-10-8-12-25(27)18-20-29(33)37(31)6)17-23-32-36(4,5)34-28-15-11-9-13-26(28)19-21-30(34)38(32)7;1-6-2-4-7(5-3-6)11(8,9)10/h8-23H,1-7H3;2-5H,1H3,(H,8,9,10)/q+1;/p-1. The molecule has 0 aromatic heterocycles. The van der Waals surface area contributed by atoms with Crippen molar-refractivity contribution >= 4 is 48.7 Å². The van der Waals surface area contributed by atoms with E-state index in [1.165, 1.54) is 73.2 Å². The molecular formula is C43H44N2O3S. The van der Waals surface area contributed by atoms with Gasteiger partial charge in [0, 0.05) is 41.6 Å². The number of aryl methyl sites for hydroxylation is 1. The molecule has 2 aliphatic heterocycles. The average molecular weight is 669 g/mol. The summed E-state index contributed by atoms with van der Waals surface area (Å²) in [7, 11) is 0.121. The van der Waals surface area contributed by atoms with Crippen LogP contribution in [0, 0.1) is 6.92 Å². The molecule has 0 radical (unpaired) electrons. The van der Waals surface area contributed by atoms with Crippen LogP contribution in [0.4, 0.5) is 11.4 Å². The van der Waals surface area contributed by atoms with E-state index in [1.807, 2.05) is 6.92 Å². The fourth-order valence-electron chi connectivity index (χ4n) is 7.57. The first-order chi connectivity index (χ1) is 23.1. The molecule has 5 aromatic carbocycles. The highest BCUT2D eigenvalue weighted by atomic mass is 32.2. The van der Waals surface area contributed by atoms with Gasteiger partial charge in [-0.05, 0) is 85.1 Å². The molecule has 0 bridgehead atoms. The molecule has 0 saturated heterocycles. The molecule has 2 aliphatic rings. The normalized spacial score (nSPS) is 17.5. The van der Waals surface area contributed by atoms with Crippen molar-refractivity contribution in [3.8, 4) is 0 Å². The highest BCUT2D eigenvalue weighted by Gasteiger charge is 2.44.